The number of carbonyl (C=O) groups excluding carboxylic acids is 1. The Balaban J connectivity index is 1.69. The summed E-state index contributed by atoms with van der Waals surface area (Å²) in [5.74, 6) is -0.491. The molecule has 1 aliphatic rings. The third-order valence-electron chi connectivity index (χ3n) is 4.24. The Hall–Kier alpha value is -2.44. The number of nitrogens with zero attached hydrogens (tertiary/aromatic N) is 4. The number of hydrogen-bond acceptors (Lipinski definition) is 5. The molecule has 1 aliphatic heterocycles. The number of rotatable bonds is 4. The number of benzene rings is 1. The van der Waals surface area contributed by atoms with E-state index < -0.39 is 5.91 Å². The first-order chi connectivity index (χ1) is 11.6. The van der Waals surface area contributed by atoms with Crippen molar-refractivity contribution < 1.29 is 10.0 Å². The largest absolute Gasteiger partial charge is 0.369 e. The third kappa shape index (κ3) is 3.90. The van der Waals surface area contributed by atoms with E-state index in [1.807, 2.05) is 36.4 Å². The zero-order valence-corrected chi connectivity index (χ0v) is 13.8. The van der Waals surface area contributed by atoms with Crippen molar-refractivity contribution in [2.75, 3.05) is 38.1 Å². The highest BCUT2D eigenvalue weighted by molar-refractivity contribution is 5.92. The molecular weight excluding hydrogens is 304 g/mol. The number of aromatic nitrogens is 1. The van der Waals surface area contributed by atoms with Crippen LogP contribution in [0.5, 0.6) is 0 Å². The lowest BCUT2D eigenvalue weighted by Crippen LogP contribution is -2.44. The summed E-state index contributed by atoms with van der Waals surface area (Å²) in [7, 11) is 2.10. The molecule has 2 heterocycles. The molecule has 0 radical (unpaired) electrons. The minimum atomic E-state index is -0.491. The van der Waals surface area contributed by atoms with Gasteiger partial charge in [-0.25, -0.2) is 5.06 Å². The number of pyridine rings is 1. The average Bonchev–Trinajstić information content (AvgIpc) is 2.62. The molecule has 1 N–H and O–H groups in total. The molecule has 0 saturated carbocycles. The Labute approximate surface area is 141 Å². The second-order valence-corrected chi connectivity index (χ2v) is 6.04. The minimum absolute atomic E-state index is 0.139. The maximum absolute atomic E-state index is 12.4. The summed E-state index contributed by atoms with van der Waals surface area (Å²) in [6, 6.07) is 13.0. The van der Waals surface area contributed by atoms with E-state index in [2.05, 4.69) is 21.8 Å². The van der Waals surface area contributed by atoms with Crippen LogP contribution in [0.15, 0.2) is 48.7 Å². The van der Waals surface area contributed by atoms with Crippen molar-refractivity contribution in [1.82, 2.24) is 14.9 Å². The summed E-state index contributed by atoms with van der Waals surface area (Å²) in [6.07, 6.45) is 1.62. The predicted molar refractivity (Wildman–Crippen MR) is 92.0 cm³/mol. The van der Waals surface area contributed by atoms with Crippen molar-refractivity contribution in [2.24, 2.45) is 0 Å². The van der Waals surface area contributed by atoms with Crippen molar-refractivity contribution >= 4 is 11.6 Å². The van der Waals surface area contributed by atoms with E-state index in [1.54, 1.807) is 12.3 Å². The molecule has 2 aromatic rings. The van der Waals surface area contributed by atoms with Crippen LogP contribution in [0.4, 0.5) is 5.69 Å². The van der Waals surface area contributed by atoms with Gasteiger partial charge in [0.15, 0.2) is 0 Å². The predicted octanol–water partition coefficient (Wildman–Crippen LogP) is 1.86. The van der Waals surface area contributed by atoms with E-state index in [0.29, 0.717) is 5.06 Å². The number of anilines is 1. The van der Waals surface area contributed by atoms with Gasteiger partial charge in [-0.3, -0.25) is 15.0 Å². The van der Waals surface area contributed by atoms with Crippen LogP contribution in [0.25, 0.3) is 0 Å². The Morgan fingerprint density at radius 2 is 1.88 bits per heavy atom. The monoisotopic (exact) mass is 326 g/mol. The summed E-state index contributed by atoms with van der Waals surface area (Å²) < 4.78 is 0. The summed E-state index contributed by atoms with van der Waals surface area (Å²) in [5.41, 5.74) is 2.09. The fourth-order valence-electron chi connectivity index (χ4n) is 2.76. The average molecular weight is 326 g/mol. The minimum Gasteiger partial charge on any atom is -0.369 e. The summed E-state index contributed by atoms with van der Waals surface area (Å²) >= 11 is 0. The second-order valence-electron chi connectivity index (χ2n) is 6.04. The van der Waals surface area contributed by atoms with Crippen molar-refractivity contribution in [3.05, 3.63) is 59.9 Å². The molecule has 6 nitrogen and oxygen atoms in total. The molecule has 1 amide bonds. The number of hydrogen-bond donors (Lipinski definition) is 1. The molecule has 0 aliphatic carbocycles. The molecule has 0 atom stereocenters. The molecule has 3 rings (SSSR count). The summed E-state index contributed by atoms with van der Waals surface area (Å²) in [5, 5.41) is 10.8. The number of amides is 1. The van der Waals surface area contributed by atoms with Gasteiger partial charge in [-0.1, -0.05) is 30.3 Å². The first-order valence-corrected chi connectivity index (χ1v) is 8.08. The van der Waals surface area contributed by atoms with E-state index in [-0.39, 0.29) is 12.2 Å². The van der Waals surface area contributed by atoms with Crippen molar-refractivity contribution in [2.45, 2.75) is 6.54 Å². The van der Waals surface area contributed by atoms with Gasteiger partial charge in [-0.05, 0) is 24.7 Å². The van der Waals surface area contributed by atoms with Crippen LogP contribution in [0.3, 0.4) is 0 Å². The lowest BCUT2D eigenvalue weighted by atomic mass is 10.2. The standard InChI is InChI=1S/C18H22N4O2/c1-20-9-11-21(12-10-20)16-7-8-19-17(13-16)18(23)22(24)14-15-5-3-2-4-6-15/h2-8,13,24H,9-12,14H2,1H3. The number of hydroxylamine groups is 2. The second kappa shape index (κ2) is 7.42. The quantitative estimate of drug-likeness (QED) is 0.686. The van der Waals surface area contributed by atoms with Crippen molar-refractivity contribution in [3.63, 3.8) is 0 Å². The van der Waals surface area contributed by atoms with Crippen LogP contribution < -0.4 is 4.90 Å². The van der Waals surface area contributed by atoms with Gasteiger partial charge >= 0.3 is 0 Å². The molecule has 1 saturated heterocycles. The number of carbonyl (C=O) groups is 1. The lowest BCUT2D eigenvalue weighted by molar-refractivity contribution is -0.0652. The fourth-order valence-corrected chi connectivity index (χ4v) is 2.76. The van der Waals surface area contributed by atoms with Gasteiger partial charge in [0.2, 0.25) is 0 Å². The first kappa shape index (κ1) is 16.4. The topological polar surface area (TPSA) is 59.9 Å². The zero-order valence-electron chi connectivity index (χ0n) is 13.8. The van der Waals surface area contributed by atoms with Gasteiger partial charge in [-0.2, -0.15) is 0 Å². The van der Waals surface area contributed by atoms with Crippen LogP contribution in [0, 0.1) is 0 Å². The molecule has 0 spiro atoms. The lowest BCUT2D eigenvalue weighted by Gasteiger charge is -2.34. The Bertz CT molecular complexity index is 684. The highest BCUT2D eigenvalue weighted by Gasteiger charge is 2.19. The number of piperazine rings is 1. The van der Waals surface area contributed by atoms with Crippen LogP contribution in [0.2, 0.25) is 0 Å². The van der Waals surface area contributed by atoms with Gasteiger partial charge in [0.1, 0.15) is 5.69 Å². The molecule has 1 aromatic heterocycles. The molecule has 1 aromatic carbocycles. The molecule has 0 bridgehead atoms. The van der Waals surface area contributed by atoms with Gasteiger partial charge in [0, 0.05) is 38.1 Å². The van der Waals surface area contributed by atoms with Gasteiger partial charge in [0.05, 0.1) is 6.54 Å². The molecule has 6 heteroatoms. The van der Waals surface area contributed by atoms with E-state index in [4.69, 9.17) is 0 Å². The normalized spacial score (nSPS) is 15.3. The van der Waals surface area contributed by atoms with Gasteiger partial charge in [-0.15, -0.1) is 0 Å². The summed E-state index contributed by atoms with van der Waals surface area (Å²) in [4.78, 5) is 21.1. The van der Waals surface area contributed by atoms with Gasteiger partial charge in [0.25, 0.3) is 5.91 Å². The van der Waals surface area contributed by atoms with Crippen LogP contribution in [-0.4, -0.2) is 59.3 Å². The zero-order chi connectivity index (χ0) is 16.9. The maximum atomic E-state index is 12.4. The van der Waals surface area contributed by atoms with E-state index in [9.17, 15) is 10.0 Å². The number of likely N-dealkylation sites (N-methyl/N-ethyl adjacent to an activating group) is 1. The Morgan fingerprint density at radius 1 is 1.17 bits per heavy atom. The Kier molecular flexibility index (Phi) is 5.08. The molecule has 0 unspecified atom stereocenters. The van der Waals surface area contributed by atoms with Crippen molar-refractivity contribution in [3.8, 4) is 0 Å². The maximum Gasteiger partial charge on any atom is 0.296 e. The van der Waals surface area contributed by atoms with Crippen LogP contribution in [-0.2, 0) is 6.54 Å². The summed E-state index contributed by atoms with van der Waals surface area (Å²) in [6.45, 7) is 3.96. The third-order valence-corrected chi connectivity index (χ3v) is 4.24. The highest BCUT2D eigenvalue weighted by atomic mass is 16.5. The smallest absolute Gasteiger partial charge is 0.296 e. The van der Waals surface area contributed by atoms with Crippen molar-refractivity contribution in [1.29, 1.82) is 0 Å². The van der Waals surface area contributed by atoms with Crippen LogP contribution >= 0.6 is 0 Å². The molecular formula is C18H22N4O2. The van der Waals surface area contributed by atoms with E-state index in [0.717, 1.165) is 37.4 Å². The highest BCUT2D eigenvalue weighted by Crippen LogP contribution is 2.17. The molecule has 126 valence electrons. The molecule has 24 heavy (non-hydrogen) atoms. The fraction of sp³-hybridized carbons (Fsp3) is 0.333. The molecule has 1 fully saturated rings. The van der Waals surface area contributed by atoms with E-state index in [1.165, 1.54) is 0 Å². The Morgan fingerprint density at radius 3 is 2.58 bits per heavy atom. The first-order valence-electron chi connectivity index (χ1n) is 8.08. The SMILES string of the molecule is CN1CCN(c2ccnc(C(=O)N(O)Cc3ccccc3)c2)CC1. The van der Waals surface area contributed by atoms with Gasteiger partial charge < -0.3 is 9.80 Å². The van der Waals surface area contributed by atoms with Crippen LogP contribution in [0.1, 0.15) is 16.1 Å². The van der Waals surface area contributed by atoms with E-state index >= 15 is 0 Å².